The predicted octanol–water partition coefficient (Wildman–Crippen LogP) is 1.45. The van der Waals surface area contributed by atoms with Gasteiger partial charge in [-0.25, -0.2) is 0 Å². The maximum absolute atomic E-state index is 11.0. The normalized spacial score (nSPS) is 16.4. The van der Waals surface area contributed by atoms with Gasteiger partial charge in [0.2, 0.25) is 0 Å². The van der Waals surface area contributed by atoms with Gasteiger partial charge in [0, 0.05) is 6.04 Å². The molecular formula is C14H19NO3. The molecule has 0 amide bonds. The van der Waals surface area contributed by atoms with E-state index < -0.39 is 12.0 Å². The Morgan fingerprint density at radius 2 is 2.11 bits per heavy atom. The molecule has 1 saturated carbocycles. The first kappa shape index (κ1) is 13.1. The molecule has 1 aliphatic rings. The quantitative estimate of drug-likeness (QED) is 0.685. The number of nitrogens with one attached hydrogen (secondary N) is 1. The molecule has 0 heterocycles. The molecule has 98 valence electrons. The average Bonchev–Trinajstić information content (AvgIpc) is 3.18. The van der Waals surface area contributed by atoms with Crippen molar-refractivity contribution in [2.24, 2.45) is 0 Å². The van der Waals surface area contributed by atoms with E-state index in [1.165, 1.54) is 5.56 Å². The monoisotopic (exact) mass is 249 g/mol. The minimum absolute atomic E-state index is 0.235. The Morgan fingerprint density at radius 1 is 1.39 bits per heavy atom. The minimum Gasteiger partial charge on any atom is -0.480 e. The SMILES string of the molecule is O=C(O)C(COCCc1ccccc1)NC1CC1. The first-order chi connectivity index (χ1) is 8.75. The van der Waals surface area contributed by atoms with Crippen LogP contribution in [-0.4, -0.2) is 36.4 Å². The molecule has 1 aliphatic carbocycles. The second kappa shape index (κ2) is 6.52. The van der Waals surface area contributed by atoms with Gasteiger partial charge in [0.1, 0.15) is 6.04 Å². The van der Waals surface area contributed by atoms with Gasteiger partial charge in [0.05, 0.1) is 13.2 Å². The number of hydrogen-bond acceptors (Lipinski definition) is 3. The summed E-state index contributed by atoms with van der Waals surface area (Å²) in [6.45, 7) is 0.790. The van der Waals surface area contributed by atoms with Crippen molar-refractivity contribution in [3.8, 4) is 0 Å². The summed E-state index contributed by atoms with van der Waals surface area (Å²) in [5.41, 5.74) is 1.21. The van der Waals surface area contributed by atoms with Gasteiger partial charge in [0.15, 0.2) is 0 Å². The molecule has 1 atom stereocenters. The summed E-state index contributed by atoms with van der Waals surface area (Å²) in [6, 6.07) is 9.84. The van der Waals surface area contributed by atoms with Crippen molar-refractivity contribution >= 4 is 5.97 Å². The number of hydrogen-bond donors (Lipinski definition) is 2. The fourth-order valence-electron chi connectivity index (χ4n) is 1.76. The zero-order chi connectivity index (χ0) is 12.8. The van der Waals surface area contributed by atoms with Crippen molar-refractivity contribution in [1.29, 1.82) is 0 Å². The number of benzene rings is 1. The molecule has 1 aromatic rings. The van der Waals surface area contributed by atoms with Crippen LogP contribution in [0.1, 0.15) is 18.4 Å². The lowest BCUT2D eigenvalue weighted by atomic mass is 10.2. The first-order valence-corrected chi connectivity index (χ1v) is 6.36. The third kappa shape index (κ3) is 4.47. The molecule has 2 rings (SSSR count). The molecule has 1 aromatic carbocycles. The van der Waals surface area contributed by atoms with Crippen LogP contribution in [0.25, 0.3) is 0 Å². The maximum atomic E-state index is 11.0. The molecule has 1 unspecified atom stereocenters. The summed E-state index contributed by atoms with van der Waals surface area (Å²) >= 11 is 0. The molecule has 0 radical (unpaired) electrons. The molecule has 4 nitrogen and oxygen atoms in total. The Balaban J connectivity index is 1.65. The molecule has 18 heavy (non-hydrogen) atoms. The summed E-state index contributed by atoms with van der Waals surface area (Å²) in [5.74, 6) is -0.832. The first-order valence-electron chi connectivity index (χ1n) is 6.36. The highest BCUT2D eigenvalue weighted by Crippen LogP contribution is 2.19. The van der Waals surface area contributed by atoms with Crippen LogP contribution in [-0.2, 0) is 16.0 Å². The van der Waals surface area contributed by atoms with Crippen LogP contribution in [0.3, 0.4) is 0 Å². The van der Waals surface area contributed by atoms with E-state index in [9.17, 15) is 4.79 Å². The van der Waals surface area contributed by atoms with Crippen molar-refractivity contribution in [2.75, 3.05) is 13.2 Å². The number of carboxylic acids is 1. The molecule has 1 fully saturated rings. The largest absolute Gasteiger partial charge is 0.480 e. The third-order valence-electron chi connectivity index (χ3n) is 2.97. The fraction of sp³-hybridized carbons (Fsp3) is 0.500. The van der Waals surface area contributed by atoms with Crippen molar-refractivity contribution in [2.45, 2.75) is 31.3 Å². The summed E-state index contributed by atoms with van der Waals surface area (Å²) in [5, 5.41) is 12.1. The van der Waals surface area contributed by atoms with E-state index in [1.807, 2.05) is 30.3 Å². The van der Waals surface area contributed by atoms with Gasteiger partial charge in [-0.2, -0.15) is 0 Å². The zero-order valence-corrected chi connectivity index (χ0v) is 10.3. The number of carbonyl (C=O) groups is 1. The van der Waals surface area contributed by atoms with Gasteiger partial charge in [-0.3, -0.25) is 10.1 Å². The summed E-state index contributed by atoms with van der Waals surface area (Å²) < 4.78 is 5.45. The molecule has 0 aliphatic heterocycles. The van der Waals surface area contributed by atoms with Crippen LogP contribution in [0, 0.1) is 0 Å². The van der Waals surface area contributed by atoms with Gasteiger partial charge in [-0.15, -0.1) is 0 Å². The lowest BCUT2D eigenvalue weighted by Crippen LogP contribution is -2.41. The number of aliphatic carboxylic acids is 1. The van der Waals surface area contributed by atoms with Crippen LogP contribution in [0.5, 0.6) is 0 Å². The minimum atomic E-state index is -0.832. The van der Waals surface area contributed by atoms with Gasteiger partial charge in [-0.1, -0.05) is 30.3 Å². The van der Waals surface area contributed by atoms with E-state index in [4.69, 9.17) is 9.84 Å². The summed E-state index contributed by atoms with van der Waals surface area (Å²) in [4.78, 5) is 11.0. The Bertz CT molecular complexity index is 376. The smallest absolute Gasteiger partial charge is 0.323 e. The Labute approximate surface area is 107 Å². The maximum Gasteiger partial charge on any atom is 0.323 e. The average molecular weight is 249 g/mol. The predicted molar refractivity (Wildman–Crippen MR) is 68.5 cm³/mol. The lowest BCUT2D eigenvalue weighted by molar-refractivity contribution is -0.141. The summed E-state index contributed by atoms with van der Waals surface area (Å²) in [6.07, 6.45) is 2.97. The van der Waals surface area contributed by atoms with E-state index in [0.29, 0.717) is 12.6 Å². The summed E-state index contributed by atoms with van der Waals surface area (Å²) in [7, 11) is 0. The zero-order valence-electron chi connectivity index (χ0n) is 10.3. The third-order valence-corrected chi connectivity index (χ3v) is 2.97. The van der Waals surface area contributed by atoms with Gasteiger partial charge in [-0.05, 0) is 24.8 Å². The lowest BCUT2D eigenvalue weighted by Gasteiger charge is -2.14. The fourth-order valence-corrected chi connectivity index (χ4v) is 1.76. The van der Waals surface area contributed by atoms with Crippen LogP contribution in [0.15, 0.2) is 30.3 Å². The van der Waals surface area contributed by atoms with E-state index >= 15 is 0 Å². The Kier molecular flexibility index (Phi) is 4.73. The van der Waals surface area contributed by atoms with Crippen molar-refractivity contribution in [1.82, 2.24) is 5.32 Å². The topological polar surface area (TPSA) is 58.6 Å². The van der Waals surface area contributed by atoms with E-state index in [1.54, 1.807) is 0 Å². The molecule has 4 heteroatoms. The molecular weight excluding hydrogens is 230 g/mol. The van der Waals surface area contributed by atoms with Crippen LogP contribution in [0.2, 0.25) is 0 Å². The highest BCUT2D eigenvalue weighted by molar-refractivity contribution is 5.73. The van der Waals surface area contributed by atoms with E-state index in [-0.39, 0.29) is 6.61 Å². The number of carboxylic acid groups (broad SMARTS) is 1. The second-order valence-electron chi connectivity index (χ2n) is 4.64. The van der Waals surface area contributed by atoms with Crippen molar-refractivity contribution < 1.29 is 14.6 Å². The number of rotatable bonds is 8. The standard InChI is InChI=1S/C14H19NO3/c16-14(17)13(15-12-6-7-12)10-18-9-8-11-4-2-1-3-5-11/h1-5,12-13,15H,6-10H2,(H,16,17). The second-order valence-corrected chi connectivity index (χ2v) is 4.64. The van der Waals surface area contributed by atoms with E-state index in [2.05, 4.69) is 5.32 Å². The number of ether oxygens (including phenoxy) is 1. The van der Waals surface area contributed by atoms with Gasteiger partial charge in [0.25, 0.3) is 0 Å². The van der Waals surface area contributed by atoms with Crippen LogP contribution < -0.4 is 5.32 Å². The Hall–Kier alpha value is -1.39. The highest BCUT2D eigenvalue weighted by atomic mass is 16.5. The van der Waals surface area contributed by atoms with Crippen LogP contribution in [0.4, 0.5) is 0 Å². The van der Waals surface area contributed by atoms with E-state index in [0.717, 1.165) is 19.3 Å². The molecule has 0 aromatic heterocycles. The van der Waals surface area contributed by atoms with Crippen LogP contribution >= 0.6 is 0 Å². The van der Waals surface area contributed by atoms with Gasteiger partial charge >= 0.3 is 5.97 Å². The highest BCUT2D eigenvalue weighted by Gasteiger charge is 2.28. The molecule has 0 saturated heterocycles. The van der Waals surface area contributed by atoms with Crippen molar-refractivity contribution in [3.63, 3.8) is 0 Å². The Morgan fingerprint density at radius 3 is 2.72 bits per heavy atom. The molecule has 0 spiro atoms. The van der Waals surface area contributed by atoms with Gasteiger partial charge < -0.3 is 9.84 Å². The molecule has 0 bridgehead atoms. The molecule has 2 N–H and O–H groups in total. The van der Waals surface area contributed by atoms with Crippen molar-refractivity contribution in [3.05, 3.63) is 35.9 Å².